The summed E-state index contributed by atoms with van der Waals surface area (Å²) in [7, 11) is -2.90. The summed E-state index contributed by atoms with van der Waals surface area (Å²) in [6, 6.07) is 10.00. The molecule has 1 amide bonds. The lowest BCUT2D eigenvalue weighted by molar-refractivity contribution is -0.388. The molecule has 1 fully saturated rings. The molecule has 0 spiro atoms. The lowest BCUT2D eigenvalue weighted by Gasteiger charge is -2.26. The largest absolute Gasteiger partial charge is 0.455 e. The van der Waals surface area contributed by atoms with Gasteiger partial charge in [-0.3, -0.25) is 14.9 Å². The van der Waals surface area contributed by atoms with E-state index in [-0.39, 0.29) is 28.5 Å². The molecule has 0 aliphatic heterocycles. The molecule has 0 saturated heterocycles. The van der Waals surface area contributed by atoms with Crippen LogP contribution in [0.4, 0.5) is 34.6 Å². The topological polar surface area (TPSA) is 123 Å². The summed E-state index contributed by atoms with van der Waals surface area (Å²) in [6.07, 6.45) is -3.03. The summed E-state index contributed by atoms with van der Waals surface area (Å²) in [6.45, 7) is 0. The van der Waals surface area contributed by atoms with Gasteiger partial charge < -0.3 is 9.73 Å². The maximum atomic E-state index is 13.8. The number of nitrogens with zero attached hydrogens (tertiary/aromatic N) is 2. The third-order valence-electron chi connectivity index (χ3n) is 6.68. The van der Waals surface area contributed by atoms with Gasteiger partial charge in [0.2, 0.25) is 10.0 Å². The number of amides is 1. The van der Waals surface area contributed by atoms with E-state index in [9.17, 15) is 40.9 Å². The number of hydrogen-bond acceptors (Lipinski definition) is 6. The van der Waals surface area contributed by atoms with Crippen molar-refractivity contribution in [2.45, 2.75) is 24.9 Å². The normalized spacial score (nSPS) is 13.8. The third kappa shape index (κ3) is 5.22. The Balaban J connectivity index is 1.80. The minimum Gasteiger partial charge on any atom is -0.455 e. The Hall–Kier alpha value is -4.46. The van der Waals surface area contributed by atoms with Crippen molar-refractivity contribution in [2.24, 2.45) is 0 Å². The average Bonchev–Trinajstić information content (AvgIpc) is 3.67. The zero-order valence-electron chi connectivity index (χ0n) is 21.5. The molecule has 5 rings (SSSR count). The fourth-order valence-electron chi connectivity index (χ4n) is 4.75. The van der Waals surface area contributed by atoms with Crippen molar-refractivity contribution in [2.75, 3.05) is 17.6 Å². The van der Waals surface area contributed by atoms with Crippen LogP contribution in [0.1, 0.15) is 40.2 Å². The van der Waals surface area contributed by atoms with Crippen LogP contribution >= 0.6 is 0 Å². The molecule has 1 aliphatic carbocycles. The summed E-state index contributed by atoms with van der Waals surface area (Å²) in [5.41, 5.74) is -2.36. The van der Waals surface area contributed by atoms with Crippen molar-refractivity contribution < 1.29 is 40.1 Å². The van der Waals surface area contributed by atoms with E-state index in [0.29, 0.717) is 45.8 Å². The number of halogens is 4. The number of alkyl halides is 3. The number of rotatable bonds is 7. The highest BCUT2D eigenvalue weighted by molar-refractivity contribution is 7.92. The number of nitro benzene ring substituents is 1. The van der Waals surface area contributed by atoms with Gasteiger partial charge in [0.15, 0.2) is 0 Å². The number of sulfonamides is 1. The van der Waals surface area contributed by atoms with Crippen molar-refractivity contribution in [3.05, 3.63) is 87.2 Å². The number of carbonyl (C=O) groups excluding carboxylic acids is 1. The van der Waals surface area contributed by atoms with Crippen molar-refractivity contribution >= 4 is 44.0 Å². The first-order valence-electron chi connectivity index (χ1n) is 12.1. The van der Waals surface area contributed by atoms with Crippen LogP contribution in [0, 0.1) is 15.9 Å². The van der Waals surface area contributed by atoms with E-state index in [1.165, 1.54) is 37.4 Å². The molecule has 1 heterocycles. The second-order valence-electron chi connectivity index (χ2n) is 9.56. The Bertz CT molecular complexity index is 1810. The van der Waals surface area contributed by atoms with E-state index >= 15 is 0 Å². The van der Waals surface area contributed by atoms with Crippen LogP contribution in [0.2, 0.25) is 0 Å². The molecule has 41 heavy (non-hydrogen) atoms. The number of furan rings is 1. The molecule has 0 unspecified atom stereocenters. The van der Waals surface area contributed by atoms with Crippen molar-refractivity contribution in [3.63, 3.8) is 0 Å². The van der Waals surface area contributed by atoms with Gasteiger partial charge in [-0.25, -0.2) is 17.1 Å². The molecular formula is C27H21F4N3O6S. The summed E-state index contributed by atoms with van der Waals surface area (Å²) in [5.74, 6) is -1.13. The van der Waals surface area contributed by atoms with Gasteiger partial charge in [-0.05, 0) is 66.8 Å². The number of carbonyl (C=O) groups is 1. The standard InChI is InChI=1S/C27H21F4N3O6S/c1-32-26(35)24-19-12-18(14-3-4-14)22(13-23(19)40-25(24)15-5-7-16(28)8-6-15)33(41(2,38)39)17-9-10-21(34(36)37)20(11-17)27(29,30)31/h5-14H,3-4H2,1-2H3,(H,32,35). The number of anilines is 2. The van der Waals surface area contributed by atoms with Gasteiger partial charge in [0, 0.05) is 30.1 Å². The van der Waals surface area contributed by atoms with E-state index in [0.717, 1.165) is 12.3 Å². The Morgan fingerprint density at radius 1 is 1.10 bits per heavy atom. The first-order valence-corrected chi connectivity index (χ1v) is 14.0. The highest BCUT2D eigenvalue weighted by Crippen LogP contribution is 2.50. The Kier molecular flexibility index (Phi) is 6.76. The van der Waals surface area contributed by atoms with Gasteiger partial charge in [-0.1, -0.05) is 0 Å². The second-order valence-corrected chi connectivity index (χ2v) is 11.4. The molecule has 0 radical (unpaired) electrons. The van der Waals surface area contributed by atoms with Gasteiger partial charge in [0.1, 0.15) is 22.7 Å². The number of nitro groups is 1. The van der Waals surface area contributed by atoms with Crippen molar-refractivity contribution in [1.29, 1.82) is 0 Å². The molecule has 9 nitrogen and oxygen atoms in total. The molecule has 0 bridgehead atoms. The van der Waals surface area contributed by atoms with E-state index in [2.05, 4.69) is 5.32 Å². The number of benzene rings is 3. The van der Waals surface area contributed by atoms with Crippen LogP contribution in [-0.4, -0.2) is 32.6 Å². The van der Waals surface area contributed by atoms with Gasteiger partial charge in [0.25, 0.3) is 11.6 Å². The molecule has 3 aromatic carbocycles. The molecule has 1 aromatic heterocycles. The second kappa shape index (κ2) is 9.87. The minimum atomic E-state index is -5.14. The lowest BCUT2D eigenvalue weighted by Crippen LogP contribution is -2.26. The summed E-state index contributed by atoms with van der Waals surface area (Å²) in [4.78, 5) is 23.0. The van der Waals surface area contributed by atoms with E-state index in [1.54, 1.807) is 6.07 Å². The maximum Gasteiger partial charge on any atom is 0.423 e. The number of nitrogens with one attached hydrogen (secondary N) is 1. The van der Waals surface area contributed by atoms with Gasteiger partial charge in [-0.2, -0.15) is 13.2 Å². The highest BCUT2D eigenvalue weighted by Gasteiger charge is 2.40. The maximum absolute atomic E-state index is 13.8. The molecule has 1 aliphatic rings. The lowest BCUT2D eigenvalue weighted by atomic mass is 10.00. The van der Waals surface area contributed by atoms with E-state index in [1.807, 2.05) is 0 Å². The van der Waals surface area contributed by atoms with Crippen molar-refractivity contribution in [1.82, 2.24) is 5.32 Å². The fraction of sp³-hybridized carbons (Fsp3) is 0.222. The highest BCUT2D eigenvalue weighted by atomic mass is 32.2. The zero-order chi connectivity index (χ0) is 29.9. The summed E-state index contributed by atoms with van der Waals surface area (Å²) >= 11 is 0. The average molecular weight is 592 g/mol. The predicted molar refractivity (Wildman–Crippen MR) is 142 cm³/mol. The van der Waals surface area contributed by atoms with Gasteiger partial charge in [0.05, 0.1) is 28.1 Å². The molecule has 0 atom stereocenters. The molecule has 214 valence electrons. The fourth-order valence-corrected chi connectivity index (χ4v) is 5.76. The molecule has 1 N–H and O–H groups in total. The first-order chi connectivity index (χ1) is 19.2. The molecular weight excluding hydrogens is 570 g/mol. The predicted octanol–water partition coefficient (Wildman–Crippen LogP) is 6.50. The van der Waals surface area contributed by atoms with Crippen LogP contribution in [-0.2, 0) is 16.2 Å². The SMILES string of the molecule is CNC(=O)c1c(-c2ccc(F)cc2)oc2cc(N(c3ccc([N+](=O)[O-])c(C(F)(F)F)c3)S(C)(=O)=O)c(C3CC3)cc12. The third-order valence-corrected chi connectivity index (χ3v) is 7.75. The van der Waals surface area contributed by atoms with Crippen LogP contribution in [0.5, 0.6) is 0 Å². The first kappa shape index (κ1) is 28.1. The summed E-state index contributed by atoms with van der Waals surface area (Å²) < 4.78 is 87.8. The van der Waals surface area contributed by atoms with E-state index < -0.39 is 49.8 Å². The molecule has 4 aromatic rings. The quantitative estimate of drug-likeness (QED) is 0.149. The molecule has 14 heteroatoms. The smallest absolute Gasteiger partial charge is 0.423 e. The molecule has 1 saturated carbocycles. The van der Waals surface area contributed by atoms with E-state index in [4.69, 9.17) is 4.42 Å². The van der Waals surface area contributed by atoms with Crippen LogP contribution < -0.4 is 9.62 Å². The monoisotopic (exact) mass is 591 g/mol. The number of fused-ring (bicyclic) bond motifs is 1. The van der Waals surface area contributed by atoms with Crippen molar-refractivity contribution in [3.8, 4) is 11.3 Å². The Labute approximate surface area is 230 Å². The van der Waals surface area contributed by atoms with Crippen LogP contribution in [0.3, 0.4) is 0 Å². The summed E-state index contributed by atoms with van der Waals surface area (Å²) in [5, 5.41) is 14.1. The number of hydrogen-bond donors (Lipinski definition) is 1. The Morgan fingerprint density at radius 3 is 2.29 bits per heavy atom. The van der Waals surface area contributed by atoms with Gasteiger partial charge in [-0.15, -0.1) is 0 Å². The Morgan fingerprint density at radius 2 is 1.76 bits per heavy atom. The zero-order valence-corrected chi connectivity index (χ0v) is 22.3. The van der Waals surface area contributed by atoms with Gasteiger partial charge >= 0.3 is 6.18 Å². The minimum absolute atomic E-state index is 0.0210. The van der Waals surface area contributed by atoms with Crippen LogP contribution in [0.25, 0.3) is 22.3 Å². The van der Waals surface area contributed by atoms with Crippen LogP contribution in [0.15, 0.2) is 59.0 Å².